The van der Waals surface area contributed by atoms with Crippen molar-refractivity contribution in [3.8, 4) is 0 Å². The SMILES string of the molecule is CC/C=C\C/C=C\C/C=C\C/C=C\C/C=C\CCCCCCCCCCCCCCCCCC(=O)OCC(COC(=O)CCCCC/C=C\C/C=C\C/C=C\CC)OC(=O)CCCCCCCCCCCCCCCC. The van der Waals surface area contributed by atoms with E-state index >= 15 is 0 Å². The van der Waals surface area contributed by atoms with E-state index in [-0.39, 0.29) is 31.1 Å². The molecule has 1 atom stereocenters. The number of esters is 3. The lowest BCUT2D eigenvalue weighted by molar-refractivity contribution is -0.167. The van der Waals surface area contributed by atoms with E-state index in [9.17, 15) is 14.4 Å². The third-order valence-corrected chi connectivity index (χ3v) is 13.8. The molecule has 0 bridgehead atoms. The summed E-state index contributed by atoms with van der Waals surface area (Å²) in [5.41, 5.74) is 0. The second-order valence-corrected chi connectivity index (χ2v) is 21.3. The maximum Gasteiger partial charge on any atom is 0.306 e. The average molecular weight is 1060 g/mol. The number of hydrogen-bond acceptors (Lipinski definition) is 6. The normalized spacial score (nSPS) is 12.7. The first kappa shape index (κ1) is 72.3. The molecule has 0 aromatic heterocycles. The molecule has 0 radical (unpaired) electrons. The van der Waals surface area contributed by atoms with E-state index in [4.69, 9.17) is 14.2 Å². The van der Waals surface area contributed by atoms with Crippen LogP contribution in [0.2, 0.25) is 0 Å². The van der Waals surface area contributed by atoms with Crippen molar-refractivity contribution in [3.63, 3.8) is 0 Å². The quantitative estimate of drug-likeness (QED) is 0.0261. The largest absolute Gasteiger partial charge is 0.462 e. The van der Waals surface area contributed by atoms with Gasteiger partial charge in [0.15, 0.2) is 6.10 Å². The summed E-state index contributed by atoms with van der Waals surface area (Å²) in [6.07, 6.45) is 85.7. The van der Waals surface area contributed by atoms with Crippen LogP contribution in [0.15, 0.2) is 97.2 Å². The Morgan fingerprint density at radius 3 is 0.816 bits per heavy atom. The molecule has 6 nitrogen and oxygen atoms in total. The van der Waals surface area contributed by atoms with Crippen LogP contribution >= 0.6 is 0 Å². The molecule has 0 fully saturated rings. The van der Waals surface area contributed by atoms with E-state index in [0.717, 1.165) is 116 Å². The molecule has 6 heteroatoms. The van der Waals surface area contributed by atoms with Gasteiger partial charge < -0.3 is 14.2 Å². The summed E-state index contributed by atoms with van der Waals surface area (Å²) in [5, 5.41) is 0. The van der Waals surface area contributed by atoms with Gasteiger partial charge in [-0.25, -0.2) is 0 Å². The lowest BCUT2D eigenvalue weighted by Crippen LogP contribution is -2.30. The lowest BCUT2D eigenvalue weighted by Gasteiger charge is -2.18. The predicted molar refractivity (Wildman–Crippen MR) is 330 cm³/mol. The molecule has 0 spiro atoms. The summed E-state index contributed by atoms with van der Waals surface area (Å²) in [4.78, 5) is 38.2. The zero-order valence-electron chi connectivity index (χ0n) is 50.0. The summed E-state index contributed by atoms with van der Waals surface area (Å²) in [5.74, 6) is -0.902. The van der Waals surface area contributed by atoms with Crippen LogP contribution in [0.4, 0.5) is 0 Å². The number of allylic oxidation sites excluding steroid dienone is 16. The van der Waals surface area contributed by atoms with E-state index < -0.39 is 6.10 Å². The maximum atomic E-state index is 12.9. The van der Waals surface area contributed by atoms with Crippen LogP contribution in [0, 0.1) is 0 Å². The molecule has 0 saturated heterocycles. The second kappa shape index (κ2) is 63.9. The lowest BCUT2D eigenvalue weighted by atomic mass is 10.0. The molecular formula is C70H120O6. The Hall–Kier alpha value is -3.67. The van der Waals surface area contributed by atoms with Gasteiger partial charge in [-0.2, -0.15) is 0 Å². The molecule has 0 aliphatic rings. The van der Waals surface area contributed by atoms with Gasteiger partial charge in [0.25, 0.3) is 0 Å². The highest BCUT2D eigenvalue weighted by atomic mass is 16.6. The van der Waals surface area contributed by atoms with Gasteiger partial charge in [-0.3, -0.25) is 14.4 Å². The molecule has 0 aliphatic heterocycles. The predicted octanol–water partition coefficient (Wildman–Crippen LogP) is 22.0. The van der Waals surface area contributed by atoms with Crippen molar-refractivity contribution in [2.24, 2.45) is 0 Å². The van der Waals surface area contributed by atoms with Crippen molar-refractivity contribution in [2.45, 2.75) is 316 Å². The average Bonchev–Trinajstić information content (AvgIpc) is 3.42. The fraction of sp³-hybridized carbons (Fsp3) is 0.729. The molecule has 0 N–H and O–H groups in total. The van der Waals surface area contributed by atoms with Crippen molar-refractivity contribution in [1.29, 1.82) is 0 Å². The van der Waals surface area contributed by atoms with Gasteiger partial charge in [0.05, 0.1) is 0 Å². The number of unbranched alkanes of at least 4 members (excludes halogenated alkanes) is 31. The Kier molecular flexibility index (Phi) is 60.8. The minimum absolute atomic E-state index is 0.0833. The topological polar surface area (TPSA) is 78.9 Å². The Morgan fingerprint density at radius 1 is 0.276 bits per heavy atom. The number of hydrogen-bond donors (Lipinski definition) is 0. The van der Waals surface area contributed by atoms with Gasteiger partial charge in [0, 0.05) is 19.3 Å². The number of carbonyl (C=O) groups is 3. The highest BCUT2D eigenvalue weighted by molar-refractivity contribution is 5.71. The van der Waals surface area contributed by atoms with Crippen LogP contribution in [0.3, 0.4) is 0 Å². The first-order chi connectivity index (χ1) is 37.5. The van der Waals surface area contributed by atoms with Crippen LogP contribution in [-0.4, -0.2) is 37.2 Å². The Labute approximate surface area is 470 Å². The first-order valence-electron chi connectivity index (χ1n) is 32.2. The van der Waals surface area contributed by atoms with Gasteiger partial charge in [-0.05, 0) is 96.3 Å². The molecule has 0 rings (SSSR count). The third kappa shape index (κ3) is 61.2. The number of rotatable bonds is 58. The van der Waals surface area contributed by atoms with Gasteiger partial charge in [0.2, 0.25) is 0 Å². The molecular weight excluding hydrogens is 937 g/mol. The van der Waals surface area contributed by atoms with Gasteiger partial charge >= 0.3 is 17.9 Å². The van der Waals surface area contributed by atoms with Crippen LogP contribution in [0.25, 0.3) is 0 Å². The summed E-state index contributed by atoms with van der Waals surface area (Å²) in [7, 11) is 0. The highest BCUT2D eigenvalue weighted by Gasteiger charge is 2.19. The fourth-order valence-corrected chi connectivity index (χ4v) is 9.07. The second-order valence-electron chi connectivity index (χ2n) is 21.3. The van der Waals surface area contributed by atoms with Crippen molar-refractivity contribution in [2.75, 3.05) is 13.2 Å². The van der Waals surface area contributed by atoms with E-state index in [2.05, 4.69) is 118 Å². The van der Waals surface area contributed by atoms with Gasteiger partial charge in [-0.15, -0.1) is 0 Å². The standard InChI is InChI=1S/C70H120O6/c1-4-7-10-13-16-19-22-25-27-28-29-30-31-32-33-34-35-36-37-38-39-40-41-42-43-46-48-51-54-57-60-63-69(72)75-66-67(65-74-68(71)62-59-56-53-50-47-44-24-21-18-15-12-9-6-3)76-70(73)64-61-58-55-52-49-45-26-23-20-17-14-11-8-5-2/h7,9-10,12,16,18-19,21,25,27,29-30,32-33,44,47,67H,4-6,8,11,13-15,17,20,22-24,26,28,31,34-43,45-46,48-66H2,1-3H3/b10-7-,12-9-,19-16-,21-18-,27-25-,30-29-,33-32-,47-44-. The zero-order chi connectivity index (χ0) is 55.0. The van der Waals surface area contributed by atoms with E-state index in [1.54, 1.807) is 0 Å². The molecule has 436 valence electrons. The van der Waals surface area contributed by atoms with Crippen molar-refractivity contribution in [3.05, 3.63) is 97.2 Å². The summed E-state index contributed by atoms with van der Waals surface area (Å²) >= 11 is 0. The van der Waals surface area contributed by atoms with Gasteiger partial charge in [0.1, 0.15) is 13.2 Å². The molecule has 0 aliphatic carbocycles. The van der Waals surface area contributed by atoms with Gasteiger partial charge in [-0.1, -0.05) is 291 Å². The Balaban J connectivity index is 4.19. The molecule has 76 heavy (non-hydrogen) atoms. The Morgan fingerprint density at radius 2 is 0.513 bits per heavy atom. The molecule has 0 aromatic carbocycles. The van der Waals surface area contributed by atoms with Crippen LogP contribution in [0.1, 0.15) is 310 Å². The third-order valence-electron chi connectivity index (χ3n) is 13.8. The molecule has 1 unspecified atom stereocenters. The van der Waals surface area contributed by atoms with Crippen molar-refractivity contribution in [1.82, 2.24) is 0 Å². The summed E-state index contributed by atoms with van der Waals surface area (Å²) in [6, 6.07) is 0. The maximum absolute atomic E-state index is 12.9. The first-order valence-corrected chi connectivity index (χ1v) is 32.2. The molecule has 0 heterocycles. The highest BCUT2D eigenvalue weighted by Crippen LogP contribution is 2.17. The number of ether oxygens (including phenoxy) is 3. The summed E-state index contributed by atoms with van der Waals surface area (Å²) < 4.78 is 16.9. The minimum Gasteiger partial charge on any atom is -0.462 e. The minimum atomic E-state index is -0.787. The van der Waals surface area contributed by atoms with E-state index in [1.165, 1.54) is 154 Å². The fourth-order valence-electron chi connectivity index (χ4n) is 9.07. The van der Waals surface area contributed by atoms with E-state index in [1.807, 2.05) is 0 Å². The molecule has 0 aromatic rings. The van der Waals surface area contributed by atoms with Crippen LogP contribution in [-0.2, 0) is 28.6 Å². The number of carbonyl (C=O) groups excluding carboxylic acids is 3. The van der Waals surface area contributed by atoms with Crippen molar-refractivity contribution >= 4 is 17.9 Å². The van der Waals surface area contributed by atoms with Crippen LogP contribution in [0.5, 0.6) is 0 Å². The zero-order valence-corrected chi connectivity index (χ0v) is 50.0. The monoisotopic (exact) mass is 1060 g/mol. The van der Waals surface area contributed by atoms with E-state index in [0.29, 0.717) is 19.3 Å². The summed E-state index contributed by atoms with van der Waals surface area (Å²) in [6.45, 7) is 6.41. The smallest absolute Gasteiger partial charge is 0.306 e. The molecule has 0 amide bonds. The molecule has 0 saturated carbocycles. The van der Waals surface area contributed by atoms with Crippen LogP contribution < -0.4 is 0 Å². The Bertz CT molecular complexity index is 1490. The van der Waals surface area contributed by atoms with Crippen molar-refractivity contribution < 1.29 is 28.6 Å².